The maximum absolute atomic E-state index is 13.7. The van der Waals surface area contributed by atoms with E-state index >= 15 is 0 Å². The van der Waals surface area contributed by atoms with Crippen LogP contribution in [0, 0.1) is 5.82 Å². The number of nitrogens with two attached hydrogens (primary N) is 1. The highest BCUT2D eigenvalue weighted by molar-refractivity contribution is 6.31. The summed E-state index contributed by atoms with van der Waals surface area (Å²) in [6.45, 7) is 0.853. The number of benzene rings is 2. The molecule has 7 nitrogen and oxygen atoms in total. The van der Waals surface area contributed by atoms with Gasteiger partial charge < -0.3 is 15.8 Å². The lowest BCUT2D eigenvalue weighted by molar-refractivity contribution is 0.333. The Morgan fingerprint density at radius 2 is 1.77 bits per heavy atom. The van der Waals surface area contributed by atoms with Gasteiger partial charge in [0.05, 0.1) is 22.8 Å². The van der Waals surface area contributed by atoms with Crippen LogP contribution in [-0.2, 0) is 0 Å². The minimum absolute atomic E-state index is 0.0179. The fourth-order valence-corrected chi connectivity index (χ4v) is 3.20. The molecule has 4 aromatic rings. The monoisotopic (exact) mass is 436 g/mol. The van der Waals surface area contributed by atoms with Gasteiger partial charge in [-0.1, -0.05) is 29.8 Å². The van der Waals surface area contributed by atoms with Crippen molar-refractivity contribution in [2.75, 3.05) is 24.2 Å². The van der Waals surface area contributed by atoms with Crippen LogP contribution in [0.3, 0.4) is 0 Å². The molecule has 156 valence electrons. The molecule has 0 spiro atoms. The van der Waals surface area contributed by atoms with Crippen LogP contribution in [0.4, 0.5) is 16.2 Å². The molecule has 0 radical (unpaired) electrons. The number of para-hydroxylation sites is 1. The Morgan fingerprint density at radius 1 is 1.00 bits per heavy atom. The number of nitrogens with one attached hydrogen (secondary N) is 1. The van der Waals surface area contributed by atoms with E-state index in [1.807, 2.05) is 30.3 Å². The summed E-state index contributed by atoms with van der Waals surface area (Å²) in [5.41, 5.74) is 8.34. The van der Waals surface area contributed by atoms with Crippen LogP contribution in [0.1, 0.15) is 0 Å². The Balaban J connectivity index is 1.68. The first kappa shape index (κ1) is 20.5. The van der Waals surface area contributed by atoms with Crippen LogP contribution < -0.4 is 15.8 Å². The maximum Gasteiger partial charge on any atom is 0.222 e. The van der Waals surface area contributed by atoms with Gasteiger partial charge in [-0.05, 0) is 30.3 Å². The van der Waals surface area contributed by atoms with E-state index in [-0.39, 0.29) is 11.0 Å². The Morgan fingerprint density at radius 3 is 2.52 bits per heavy atom. The average Bonchev–Trinajstić information content (AvgIpc) is 2.79. The molecular weight excluding hydrogens is 419 g/mol. The van der Waals surface area contributed by atoms with E-state index in [4.69, 9.17) is 22.1 Å². The van der Waals surface area contributed by atoms with Gasteiger partial charge in [-0.2, -0.15) is 4.98 Å². The zero-order valence-corrected chi connectivity index (χ0v) is 17.1. The number of aromatic nitrogens is 4. The lowest BCUT2D eigenvalue weighted by atomic mass is 10.0. The van der Waals surface area contributed by atoms with Gasteiger partial charge in [-0.15, -0.1) is 0 Å². The minimum Gasteiger partial charge on any atom is -0.492 e. The van der Waals surface area contributed by atoms with Crippen molar-refractivity contribution in [2.24, 2.45) is 0 Å². The fraction of sp³-hybridized carbons (Fsp3) is 0.0909. The standard InChI is InChI=1S/C22H18ClFN6O/c23-17-10-14(6-7-18(17)24)20-19(15-11-26-13-27-12-15)21(30-22(25)29-20)28-8-9-31-16-4-2-1-3-5-16/h1-7,10-13H,8-9H2,(H3,25,28,29,30). The van der Waals surface area contributed by atoms with Crippen LogP contribution in [0.15, 0.2) is 67.3 Å². The van der Waals surface area contributed by atoms with Gasteiger partial charge in [-0.25, -0.2) is 19.3 Å². The van der Waals surface area contributed by atoms with Crippen LogP contribution in [0.5, 0.6) is 5.75 Å². The third-order valence-corrected chi connectivity index (χ3v) is 4.66. The normalized spacial score (nSPS) is 10.6. The fourth-order valence-electron chi connectivity index (χ4n) is 3.01. The SMILES string of the molecule is Nc1nc(NCCOc2ccccc2)c(-c2cncnc2)c(-c2ccc(F)c(Cl)c2)n1. The number of rotatable bonds is 7. The number of ether oxygens (including phenoxy) is 1. The number of nitrogens with zero attached hydrogens (tertiary/aromatic N) is 4. The lowest BCUT2D eigenvalue weighted by Crippen LogP contribution is -2.14. The number of nitrogen functional groups attached to an aromatic ring is 1. The lowest BCUT2D eigenvalue weighted by Gasteiger charge is -2.16. The first-order chi connectivity index (χ1) is 15.1. The first-order valence-electron chi connectivity index (χ1n) is 9.42. The van der Waals surface area contributed by atoms with Gasteiger partial charge in [-0.3, -0.25) is 0 Å². The third kappa shape index (κ3) is 4.87. The Labute approximate surface area is 183 Å². The van der Waals surface area contributed by atoms with E-state index in [0.717, 1.165) is 5.75 Å². The number of anilines is 2. The van der Waals surface area contributed by atoms with Gasteiger partial charge in [0.2, 0.25) is 5.95 Å². The molecule has 0 saturated heterocycles. The molecular formula is C22H18ClFN6O. The van der Waals surface area contributed by atoms with Crippen LogP contribution in [0.25, 0.3) is 22.4 Å². The van der Waals surface area contributed by atoms with Crippen molar-refractivity contribution >= 4 is 23.4 Å². The molecule has 0 aliphatic heterocycles. The molecule has 0 atom stereocenters. The molecule has 0 aliphatic rings. The topological polar surface area (TPSA) is 98.8 Å². The van der Waals surface area contributed by atoms with Crippen LogP contribution in [0.2, 0.25) is 5.02 Å². The van der Waals surface area contributed by atoms with E-state index in [1.165, 1.54) is 18.5 Å². The van der Waals surface area contributed by atoms with Crippen molar-refractivity contribution in [3.05, 3.63) is 78.1 Å². The molecule has 0 unspecified atom stereocenters. The Hall–Kier alpha value is -3.78. The highest BCUT2D eigenvalue weighted by atomic mass is 35.5. The molecule has 2 aromatic heterocycles. The van der Waals surface area contributed by atoms with Gasteiger partial charge in [0.25, 0.3) is 0 Å². The zero-order chi connectivity index (χ0) is 21.6. The van der Waals surface area contributed by atoms with Crippen LogP contribution in [-0.4, -0.2) is 33.1 Å². The summed E-state index contributed by atoms with van der Waals surface area (Å²) in [7, 11) is 0. The zero-order valence-electron chi connectivity index (χ0n) is 16.3. The van der Waals surface area contributed by atoms with Gasteiger partial charge in [0.1, 0.15) is 30.3 Å². The third-order valence-electron chi connectivity index (χ3n) is 4.38. The molecule has 4 rings (SSSR count). The molecule has 0 bridgehead atoms. The summed E-state index contributed by atoms with van der Waals surface area (Å²) in [6, 6.07) is 13.8. The second kappa shape index (κ2) is 9.36. The van der Waals surface area contributed by atoms with E-state index in [0.29, 0.717) is 41.4 Å². The second-order valence-corrected chi connectivity index (χ2v) is 6.91. The average molecular weight is 437 g/mol. The number of halogens is 2. The minimum atomic E-state index is -0.520. The first-order valence-corrected chi connectivity index (χ1v) is 9.79. The van der Waals surface area contributed by atoms with Crippen LogP contribution >= 0.6 is 11.6 Å². The van der Waals surface area contributed by atoms with Crippen molar-refractivity contribution in [3.8, 4) is 28.1 Å². The second-order valence-electron chi connectivity index (χ2n) is 6.50. The maximum atomic E-state index is 13.7. The summed E-state index contributed by atoms with van der Waals surface area (Å²) < 4.78 is 19.4. The highest BCUT2D eigenvalue weighted by Gasteiger charge is 2.18. The smallest absolute Gasteiger partial charge is 0.222 e. The molecule has 2 heterocycles. The quantitative estimate of drug-likeness (QED) is 0.412. The predicted octanol–water partition coefficient (Wildman–Crippen LogP) is 4.47. The molecule has 0 amide bonds. The molecule has 0 saturated carbocycles. The Bertz CT molecular complexity index is 1180. The molecule has 2 aromatic carbocycles. The highest BCUT2D eigenvalue weighted by Crippen LogP contribution is 2.36. The van der Waals surface area contributed by atoms with E-state index in [9.17, 15) is 4.39 Å². The molecule has 3 N–H and O–H groups in total. The van der Waals surface area contributed by atoms with Gasteiger partial charge in [0.15, 0.2) is 0 Å². The summed E-state index contributed by atoms with van der Waals surface area (Å²) in [4.78, 5) is 16.9. The predicted molar refractivity (Wildman–Crippen MR) is 118 cm³/mol. The van der Waals surface area contributed by atoms with E-state index in [1.54, 1.807) is 18.5 Å². The van der Waals surface area contributed by atoms with E-state index < -0.39 is 5.82 Å². The molecule has 0 aliphatic carbocycles. The van der Waals surface area contributed by atoms with Crippen molar-refractivity contribution in [1.82, 2.24) is 19.9 Å². The molecule has 31 heavy (non-hydrogen) atoms. The van der Waals surface area contributed by atoms with Gasteiger partial charge in [0, 0.05) is 23.5 Å². The summed E-state index contributed by atoms with van der Waals surface area (Å²) in [5.74, 6) is 0.787. The van der Waals surface area contributed by atoms with Gasteiger partial charge >= 0.3 is 0 Å². The summed E-state index contributed by atoms with van der Waals surface area (Å²) >= 11 is 6.00. The summed E-state index contributed by atoms with van der Waals surface area (Å²) in [5, 5.41) is 3.22. The molecule has 9 heteroatoms. The van der Waals surface area contributed by atoms with Crippen molar-refractivity contribution in [3.63, 3.8) is 0 Å². The van der Waals surface area contributed by atoms with Crippen molar-refractivity contribution in [2.45, 2.75) is 0 Å². The van der Waals surface area contributed by atoms with Crippen molar-refractivity contribution < 1.29 is 9.13 Å². The van der Waals surface area contributed by atoms with E-state index in [2.05, 4.69) is 25.3 Å². The number of hydrogen-bond donors (Lipinski definition) is 2. The Kier molecular flexibility index (Phi) is 6.18. The molecule has 0 fully saturated rings. The van der Waals surface area contributed by atoms with Crippen molar-refractivity contribution in [1.29, 1.82) is 0 Å². The number of hydrogen-bond acceptors (Lipinski definition) is 7. The summed E-state index contributed by atoms with van der Waals surface area (Å²) in [6.07, 6.45) is 4.71. The largest absolute Gasteiger partial charge is 0.492 e.